The maximum absolute atomic E-state index is 5.36. The molecule has 7 nitrogen and oxygen atoms in total. The number of imidazole rings is 1. The molecule has 0 aliphatic heterocycles. The third kappa shape index (κ3) is 4.34. The molecule has 110 valence electrons. The SMILES string of the molecule is CCOCCCn1cc(C)nc1NCCn1ccnn1. The van der Waals surface area contributed by atoms with Crippen LogP contribution in [-0.4, -0.2) is 44.3 Å². The van der Waals surface area contributed by atoms with Crippen LogP contribution in [0.1, 0.15) is 19.0 Å². The van der Waals surface area contributed by atoms with Gasteiger partial charge in [0, 0.05) is 38.7 Å². The van der Waals surface area contributed by atoms with E-state index in [0.29, 0.717) is 0 Å². The molecule has 2 aromatic rings. The summed E-state index contributed by atoms with van der Waals surface area (Å²) in [6.07, 6.45) is 6.57. The third-order valence-corrected chi connectivity index (χ3v) is 2.88. The first-order chi connectivity index (χ1) is 9.79. The maximum atomic E-state index is 5.36. The highest BCUT2D eigenvalue weighted by Crippen LogP contribution is 2.09. The third-order valence-electron chi connectivity index (χ3n) is 2.88. The fourth-order valence-electron chi connectivity index (χ4n) is 1.97. The molecule has 0 aliphatic carbocycles. The van der Waals surface area contributed by atoms with E-state index in [1.54, 1.807) is 10.9 Å². The van der Waals surface area contributed by atoms with Crippen LogP contribution >= 0.6 is 0 Å². The molecule has 0 aromatic carbocycles. The van der Waals surface area contributed by atoms with E-state index < -0.39 is 0 Å². The number of hydrogen-bond donors (Lipinski definition) is 1. The van der Waals surface area contributed by atoms with Crippen molar-refractivity contribution in [3.63, 3.8) is 0 Å². The Morgan fingerprint density at radius 1 is 1.35 bits per heavy atom. The van der Waals surface area contributed by atoms with Crippen molar-refractivity contribution in [3.8, 4) is 0 Å². The largest absolute Gasteiger partial charge is 0.382 e. The summed E-state index contributed by atoms with van der Waals surface area (Å²) in [6, 6.07) is 0. The highest BCUT2D eigenvalue weighted by Gasteiger charge is 2.05. The summed E-state index contributed by atoms with van der Waals surface area (Å²) in [5, 5.41) is 11.0. The molecule has 0 saturated carbocycles. The summed E-state index contributed by atoms with van der Waals surface area (Å²) >= 11 is 0. The lowest BCUT2D eigenvalue weighted by atomic mass is 10.4. The van der Waals surface area contributed by atoms with Crippen LogP contribution in [0.5, 0.6) is 0 Å². The normalized spacial score (nSPS) is 10.9. The lowest BCUT2D eigenvalue weighted by Crippen LogP contribution is -2.14. The Labute approximate surface area is 119 Å². The summed E-state index contributed by atoms with van der Waals surface area (Å²) in [4.78, 5) is 4.49. The Kier molecular flexibility index (Phi) is 5.55. The maximum Gasteiger partial charge on any atom is 0.203 e. The van der Waals surface area contributed by atoms with Crippen molar-refractivity contribution in [2.45, 2.75) is 33.4 Å². The average Bonchev–Trinajstić information content (AvgIpc) is 3.05. The monoisotopic (exact) mass is 278 g/mol. The van der Waals surface area contributed by atoms with Crippen LogP contribution in [0.4, 0.5) is 5.95 Å². The van der Waals surface area contributed by atoms with Gasteiger partial charge in [-0.1, -0.05) is 5.21 Å². The molecule has 0 aliphatic rings. The van der Waals surface area contributed by atoms with Crippen LogP contribution in [0, 0.1) is 6.92 Å². The van der Waals surface area contributed by atoms with Crippen molar-refractivity contribution >= 4 is 5.95 Å². The molecule has 0 saturated heterocycles. The van der Waals surface area contributed by atoms with Gasteiger partial charge in [0.25, 0.3) is 0 Å². The molecule has 1 N–H and O–H groups in total. The molecule has 0 atom stereocenters. The van der Waals surface area contributed by atoms with Gasteiger partial charge in [-0.2, -0.15) is 0 Å². The van der Waals surface area contributed by atoms with E-state index in [2.05, 4.69) is 31.4 Å². The van der Waals surface area contributed by atoms with Gasteiger partial charge in [-0.05, 0) is 20.3 Å². The van der Waals surface area contributed by atoms with E-state index in [-0.39, 0.29) is 0 Å². The van der Waals surface area contributed by atoms with Gasteiger partial charge in [-0.25, -0.2) is 4.98 Å². The van der Waals surface area contributed by atoms with Crippen molar-refractivity contribution in [1.29, 1.82) is 0 Å². The summed E-state index contributed by atoms with van der Waals surface area (Å²) in [5.74, 6) is 0.902. The average molecular weight is 278 g/mol. The molecular formula is C13H22N6O. The number of nitrogens with one attached hydrogen (secondary N) is 1. The van der Waals surface area contributed by atoms with Crippen molar-refractivity contribution in [1.82, 2.24) is 24.5 Å². The summed E-state index contributed by atoms with van der Waals surface area (Å²) in [5.41, 5.74) is 1.02. The zero-order valence-electron chi connectivity index (χ0n) is 12.1. The second-order valence-electron chi connectivity index (χ2n) is 4.54. The zero-order valence-corrected chi connectivity index (χ0v) is 12.1. The molecule has 0 fully saturated rings. The minimum Gasteiger partial charge on any atom is -0.382 e. The predicted octanol–water partition coefficient (Wildman–Crippen LogP) is 1.32. The Morgan fingerprint density at radius 3 is 3.00 bits per heavy atom. The second kappa shape index (κ2) is 7.64. The minimum absolute atomic E-state index is 0.769. The molecular weight excluding hydrogens is 256 g/mol. The van der Waals surface area contributed by atoms with Gasteiger partial charge >= 0.3 is 0 Å². The zero-order chi connectivity index (χ0) is 14.2. The number of hydrogen-bond acceptors (Lipinski definition) is 5. The van der Waals surface area contributed by atoms with Gasteiger partial charge in [0.05, 0.1) is 18.4 Å². The fraction of sp³-hybridized carbons (Fsp3) is 0.615. The number of nitrogens with zero attached hydrogens (tertiary/aromatic N) is 5. The molecule has 0 bridgehead atoms. The van der Waals surface area contributed by atoms with Gasteiger partial charge in [-0.3, -0.25) is 4.68 Å². The lowest BCUT2D eigenvalue weighted by Gasteiger charge is -2.09. The van der Waals surface area contributed by atoms with E-state index in [4.69, 9.17) is 4.74 Å². The Morgan fingerprint density at radius 2 is 2.25 bits per heavy atom. The fourth-order valence-corrected chi connectivity index (χ4v) is 1.97. The van der Waals surface area contributed by atoms with E-state index in [0.717, 1.165) is 50.9 Å². The second-order valence-corrected chi connectivity index (χ2v) is 4.54. The number of rotatable bonds is 9. The quantitative estimate of drug-likeness (QED) is 0.701. The van der Waals surface area contributed by atoms with Gasteiger partial charge in [-0.15, -0.1) is 5.10 Å². The van der Waals surface area contributed by atoms with Gasteiger partial charge in [0.1, 0.15) is 0 Å². The standard InChI is InChI=1S/C13H22N6O/c1-3-20-10-4-7-18-11-12(2)16-13(18)14-5-8-19-9-6-15-17-19/h6,9,11H,3-5,7-8,10H2,1-2H3,(H,14,16). The molecule has 2 rings (SSSR count). The molecule has 0 radical (unpaired) electrons. The van der Waals surface area contributed by atoms with Crippen LogP contribution < -0.4 is 5.32 Å². The van der Waals surface area contributed by atoms with Crippen LogP contribution in [0.25, 0.3) is 0 Å². The molecule has 2 aromatic heterocycles. The molecule has 20 heavy (non-hydrogen) atoms. The lowest BCUT2D eigenvalue weighted by molar-refractivity contribution is 0.142. The van der Waals surface area contributed by atoms with Crippen LogP contribution in [0.3, 0.4) is 0 Å². The van der Waals surface area contributed by atoms with E-state index in [9.17, 15) is 0 Å². The number of aryl methyl sites for hydroxylation is 2. The van der Waals surface area contributed by atoms with Crippen LogP contribution in [0.2, 0.25) is 0 Å². The smallest absolute Gasteiger partial charge is 0.203 e. The van der Waals surface area contributed by atoms with Gasteiger partial charge in [0.15, 0.2) is 0 Å². The molecule has 0 amide bonds. The predicted molar refractivity (Wildman–Crippen MR) is 76.6 cm³/mol. The van der Waals surface area contributed by atoms with E-state index in [1.807, 2.05) is 20.0 Å². The van der Waals surface area contributed by atoms with E-state index in [1.165, 1.54) is 0 Å². The molecule has 2 heterocycles. The molecule has 0 spiro atoms. The van der Waals surface area contributed by atoms with Crippen molar-refractivity contribution in [2.24, 2.45) is 0 Å². The summed E-state index contributed by atoms with van der Waals surface area (Å²) < 4.78 is 9.29. The summed E-state index contributed by atoms with van der Waals surface area (Å²) in [7, 11) is 0. The Bertz CT molecular complexity index is 493. The first-order valence-electron chi connectivity index (χ1n) is 6.99. The van der Waals surface area contributed by atoms with Crippen molar-refractivity contribution in [3.05, 3.63) is 24.3 Å². The van der Waals surface area contributed by atoms with E-state index >= 15 is 0 Å². The Balaban J connectivity index is 1.80. The van der Waals surface area contributed by atoms with Gasteiger partial charge < -0.3 is 14.6 Å². The number of anilines is 1. The highest BCUT2D eigenvalue weighted by atomic mass is 16.5. The van der Waals surface area contributed by atoms with Crippen LogP contribution in [0.15, 0.2) is 18.6 Å². The Hall–Kier alpha value is -1.89. The van der Waals surface area contributed by atoms with Crippen LogP contribution in [-0.2, 0) is 17.8 Å². The van der Waals surface area contributed by atoms with Gasteiger partial charge in [0.2, 0.25) is 5.95 Å². The summed E-state index contributed by atoms with van der Waals surface area (Å²) in [6.45, 7) is 8.01. The van der Waals surface area contributed by atoms with Crippen molar-refractivity contribution < 1.29 is 4.74 Å². The number of aromatic nitrogens is 5. The molecule has 7 heteroatoms. The number of ether oxygens (including phenoxy) is 1. The first-order valence-corrected chi connectivity index (χ1v) is 6.99. The first kappa shape index (κ1) is 14.5. The minimum atomic E-state index is 0.769. The highest BCUT2D eigenvalue weighted by molar-refractivity contribution is 5.28. The molecule has 0 unspecified atom stereocenters. The van der Waals surface area contributed by atoms with Crippen molar-refractivity contribution in [2.75, 3.05) is 25.1 Å². The topological polar surface area (TPSA) is 69.8 Å².